The Kier molecular flexibility index (Phi) is 7.26. The van der Waals surface area contributed by atoms with Gasteiger partial charge in [0.05, 0.1) is 17.6 Å². The molecule has 0 bridgehead atoms. The lowest BCUT2D eigenvalue weighted by Crippen LogP contribution is -2.70. The lowest BCUT2D eigenvalue weighted by Gasteiger charge is -2.53. The van der Waals surface area contributed by atoms with Crippen LogP contribution in [0.3, 0.4) is 0 Å². The second-order valence-electron chi connectivity index (χ2n) is 10.9. The van der Waals surface area contributed by atoms with Crippen LogP contribution in [0.25, 0.3) is 0 Å². The molecule has 0 aromatic carbocycles. The van der Waals surface area contributed by atoms with Gasteiger partial charge in [-0.15, -0.1) is 11.6 Å². The molecule has 0 aromatic rings. The standard InChI is InChI=1S/C23H36ClF3N6O2/c1-31(22(35)14-9-20(34)29-11-14)21(23(25,26)27)13-4-6-15(7-5-13)32-8-2-3-16-17(32)12-28-19-10-18(24)30-33(16)19/h13-19,21,28,30H,2-12H2,1H3,(H,29,34)/t13?,14-,15?,16?,17?,18?,19?,21+/m0/s1. The Morgan fingerprint density at radius 2 is 1.89 bits per heavy atom. The first-order valence-electron chi connectivity index (χ1n) is 12.9. The van der Waals surface area contributed by atoms with Crippen LogP contribution in [0, 0.1) is 11.8 Å². The number of halogens is 4. The van der Waals surface area contributed by atoms with Gasteiger partial charge < -0.3 is 10.2 Å². The molecule has 1 aliphatic carbocycles. The third-order valence-corrected chi connectivity index (χ3v) is 9.12. The number of carbonyl (C=O) groups is 2. The van der Waals surface area contributed by atoms with Gasteiger partial charge in [-0.25, -0.2) is 10.4 Å². The number of amides is 2. The number of rotatable bonds is 4. The van der Waals surface area contributed by atoms with Crippen LogP contribution in [0.2, 0.25) is 0 Å². The summed E-state index contributed by atoms with van der Waals surface area (Å²) in [5.41, 5.74) is 3.31. The Hall–Kier alpha value is -1.14. The zero-order chi connectivity index (χ0) is 24.9. The van der Waals surface area contributed by atoms with Crippen molar-refractivity contribution in [2.24, 2.45) is 11.8 Å². The maximum absolute atomic E-state index is 14.2. The number of hydrazine groups is 1. The SMILES string of the molecule is CN(C(=O)[C@@H]1CNC(=O)C1)[C@H](C1CCC(N2CCCC3C2CNC2CC(Cl)NN23)CC1)C(F)(F)F. The van der Waals surface area contributed by atoms with Crippen molar-refractivity contribution >= 4 is 23.4 Å². The van der Waals surface area contributed by atoms with Gasteiger partial charge in [0, 0.05) is 51.1 Å². The lowest BCUT2D eigenvalue weighted by molar-refractivity contribution is -0.203. The molecule has 4 aliphatic heterocycles. The largest absolute Gasteiger partial charge is 0.409 e. The molecule has 4 unspecified atom stereocenters. The summed E-state index contributed by atoms with van der Waals surface area (Å²) in [6.07, 6.45) is 0.962. The Morgan fingerprint density at radius 1 is 1.14 bits per heavy atom. The third kappa shape index (κ3) is 5.03. The molecule has 4 saturated heterocycles. The van der Waals surface area contributed by atoms with E-state index in [-0.39, 0.29) is 36.6 Å². The fourth-order valence-electron chi connectivity index (χ4n) is 7.23. The number of nitrogens with zero attached hydrogens (tertiary/aromatic N) is 3. The first kappa shape index (κ1) is 25.5. The molecule has 6 atom stereocenters. The van der Waals surface area contributed by atoms with Gasteiger partial charge in [-0.2, -0.15) is 13.2 Å². The number of likely N-dealkylation sites (tertiary alicyclic amines) is 1. The van der Waals surface area contributed by atoms with Crippen LogP contribution in [0.4, 0.5) is 13.2 Å². The summed E-state index contributed by atoms with van der Waals surface area (Å²) in [4.78, 5) is 27.7. The van der Waals surface area contributed by atoms with Crippen LogP contribution in [0.5, 0.6) is 0 Å². The average Bonchev–Trinajstić information content (AvgIpc) is 3.42. The highest BCUT2D eigenvalue weighted by atomic mass is 35.5. The topological polar surface area (TPSA) is 80.0 Å². The van der Waals surface area contributed by atoms with Crippen molar-refractivity contribution in [3.8, 4) is 0 Å². The fraction of sp³-hybridized carbons (Fsp3) is 0.913. The summed E-state index contributed by atoms with van der Waals surface area (Å²) in [6, 6.07) is -0.900. The maximum Gasteiger partial charge on any atom is 0.409 e. The Labute approximate surface area is 209 Å². The van der Waals surface area contributed by atoms with E-state index in [9.17, 15) is 22.8 Å². The van der Waals surface area contributed by atoms with Crippen LogP contribution in [0.15, 0.2) is 0 Å². The zero-order valence-corrected chi connectivity index (χ0v) is 20.8. The second kappa shape index (κ2) is 9.96. The van der Waals surface area contributed by atoms with Crippen molar-refractivity contribution in [1.82, 2.24) is 30.9 Å². The van der Waals surface area contributed by atoms with Crippen LogP contribution < -0.4 is 16.1 Å². The van der Waals surface area contributed by atoms with Crippen molar-refractivity contribution in [1.29, 1.82) is 0 Å². The number of alkyl halides is 4. The van der Waals surface area contributed by atoms with E-state index in [1.807, 2.05) is 0 Å². The van der Waals surface area contributed by atoms with Gasteiger partial charge in [0.15, 0.2) is 0 Å². The molecule has 5 fully saturated rings. The molecular formula is C23H36ClF3N6O2. The van der Waals surface area contributed by atoms with Crippen molar-refractivity contribution in [2.45, 2.75) is 93.4 Å². The zero-order valence-electron chi connectivity index (χ0n) is 20.1. The van der Waals surface area contributed by atoms with Crippen molar-refractivity contribution < 1.29 is 22.8 Å². The van der Waals surface area contributed by atoms with Crippen LogP contribution in [-0.2, 0) is 9.59 Å². The molecule has 198 valence electrons. The van der Waals surface area contributed by atoms with Gasteiger partial charge in [-0.3, -0.25) is 19.8 Å². The van der Waals surface area contributed by atoms with Crippen LogP contribution in [-0.4, -0.2) is 95.3 Å². The predicted octanol–water partition coefficient (Wildman–Crippen LogP) is 1.61. The van der Waals surface area contributed by atoms with Gasteiger partial charge in [-0.05, 0) is 51.0 Å². The molecule has 5 aliphatic rings. The molecule has 2 amide bonds. The summed E-state index contributed by atoms with van der Waals surface area (Å²) in [7, 11) is 1.25. The summed E-state index contributed by atoms with van der Waals surface area (Å²) >= 11 is 6.34. The normalized spacial score (nSPS) is 39.6. The van der Waals surface area contributed by atoms with E-state index in [1.54, 1.807) is 0 Å². The van der Waals surface area contributed by atoms with Gasteiger partial charge in [-0.1, -0.05) is 0 Å². The molecule has 0 radical (unpaired) electrons. The third-order valence-electron chi connectivity index (χ3n) is 8.85. The maximum atomic E-state index is 14.2. The predicted molar refractivity (Wildman–Crippen MR) is 124 cm³/mol. The minimum Gasteiger partial charge on any atom is -0.355 e. The number of fused-ring (bicyclic) bond motifs is 3. The molecule has 5 rings (SSSR count). The number of nitrogens with one attached hydrogen (secondary N) is 3. The minimum atomic E-state index is -4.50. The van der Waals surface area contributed by atoms with E-state index in [1.165, 1.54) is 7.05 Å². The summed E-state index contributed by atoms with van der Waals surface area (Å²) in [5.74, 6) is -2.22. The highest BCUT2D eigenvalue weighted by Gasteiger charge is 2.52. The van der Waals surface area contributed by atoms with E-state index in [0.29, 0.717) is 37.8 Å². The molecule has 0 aromatic heterocycles. The first-order chi connectivity index (χ1) is 16.6. The Balaban J connectivity index is 1.23. The smallest absolute Gasteiger partial charge is 0.355 e. The Morgan fingerprint density at radius 3 is 2.54 bits per heavy atom. The van der Waals surface area contributed by atoms with Gasteiger partial charge in [0.2, 0.25) is 11.8 Å². The second-order valence-corrected chi connectivity index (χ2v) is 11.4. The highest BCUT2D eigenvalue weighted by molar-refractivity contribution is 6.20. The molecule has 8 nitrogen and oxygen atoms in total. The van der Waals surface area contributed by atoms with Crippen LogP contribution in [0.1, 0.15) is 51.4 Å². The van der Waals surface area contributed by atoms with Crippen molar-refractivity contribution in [3.63, 3.8) is 0 Å². The van der Waals surface area contributed by atoms with Gasteiger partial charge in [0.1, 0.15) is 6.04 Å². The number of piperidine rings is 1. The van der Waals surface area contributed by atoms with E-state index in [0.717, 1.165) is 37.3 Å². The van der Waals surface area contributed by atoms with Crippen molar-refractivity contribution in [2.75, 3.05) is 26.7 Å². The number of hydrogen-bond acceptors (Lipinski definition) is 6. The molecular weight excluding hydrogens is 485 g/mol. The van der Waals surface area contributed by atoms with Gasteiger partial charge >= 0.3 is 6.18 Å². The quantitative estimate of drug-likeness (QED) is 0.386. The molecule has 1 saturated carbocycles. The monoisotopic (exact) mass is 520 g/mol. The van der Waals surface area contributed by atoms with Crippen LogP contribution >= 0.6 is 11.6 Å². The van der Waals surface area contributed by atoms with Gasteiger partial charge in [0.25, 0.3) is 0 Å². The molecule has 0 spiro atoms. The summed E-state index contributed by atoms with van der Waals surface area (Å²) < 4.78 is 42.6. The number of carbonyl (C=O) groups excluding carboxylic acids is 2. The first-order valence-corrected chi connectivity index (χ1v) is 13.3. The van der Waals surface area contributed by atoms with Crippen molar-refractivity contribution in [3.05, 3.63) is 0 Å². The van der Waals surface area contributed by atoms with E-state index in [4.69, 9.17) is 11.6 Å². The van der Waals surface area contributed by atoms with E-state index >= 15 is 0 Å². The highest BCUT2D eigenvalue weighted by Crippen LogP contribution is 2.41. The summed E-state index contributed by atoms with van der Waals surface area (Å²) in [6.45, 7) is 1.94. The van der Waals surface area contributed by atoms with E-state index < -0.39 is 30.0 Å². The minimum absolute atomic E-state index is 0.0385. The summed E-state index contributed by atoms with van der Waals surface area (Å²) in [5, 5.41) is 8.42. The Bertz CT molecular complexity index is 811. The molecule has 12 heteroatoms. The lowest BCUT2D eigenvalue weighted by atomic mass is 9.78. The molecule has 35 heavy (non-hydrogen) atoms. The average molecular weight is 521 g/mol. The van der Waals surface area contributed by atoms with E-state index in [2.05, 4.69) is 26.0 Å². The number of hydrogen-bond donors (Lipinski definition) is 3. The fourth-order valence-corrected chi connectivity index (χ4v) is 7.51. The molecule has 3 N–H and O–H groups in total. The molecule has 4 heterocycles.